The average Bonchev–Trinajstić information content (AvgIpc) is 2.21. The van der Waals surface area contributed by atoms with E-state index in [9.17, 15) is 8.78 Å². The molecule has 1 aromatic carbocycles. The van der Waals surface area contributed by atoms with Gasteiger partial charge in [0.25, 0.3) is 0 Å². The minimum absolute atomic E-state index is 0.263. The van der Waals surface area contributed by atoms with Crippen LogP contribution in [-0.4, -0.2) is 19.5 Å². The maximum Gasteiger partial charge on any atom is 0.118 e. The SMILES string of the molecule is FCC(CF)OCc1ccccc1. The topological polar surface area (TPSA) is 9.23 Å². The van der Waals surface area contributed by atoms with Crippen molar-refractivity contribution in [2.75, 3.05) is 13.3 Å². The summed E-state index contributed by atoms with van der Waals surface area (Å²) in [5, 5.41) is 0. The van der Waals surface area contributed by atoms with Gasteiger partial charge in [-0.2, -0.15) is 0 Å². The van der Waals surface area contributed by atoms with Crippen LogP contribution in [0.25, 0.3) is 0 Å². The molecule has 0 aliphatic carbocycles. The van der Waals surface area contributed by atoms with Gasteiger partial charge in [-0.1, -0.05) is 30.3 Å². The molecule has 0 heterocycles. The first-order chi connectivity index (χ1) is 6.36. The molecule has 1 aromatic rings. The molecule has 0 saturated carbocycles. The highest BCUT2D eigenvalue weighted by molar-refractivity contribution is 5.13. The van der Waals surface area contributed by atoms with Crippen molar-refractivity contribution < 1.29 is 13.5 Å². The Balaban J connectivity index is 2.34. The Morgan fingerprint density at radius 3 is 2.23 bits per heavy atom. The smallest absolute Gasteiger partial charge is 0.118 e. The van der Waals surface area contributed by atoms with Crippen molar-refractivity contribution in [1.82, 2.24) is 0 Å². The third-order valence-electron chi connectivity index (χ3n) is 1.67. The highest BCUT2D eigenvalue weighted by Crippen LogP contribution is 2.04. The van der Waals surface area contributed by atoms with Crippen molar-refractivity contribution in [3.63, 3.8) is 0 Å². The van der Waals surface area contributed by atoms with E-state index in [2.05, 4.69) is 0 Å². The fourth-order valence-electron chi connectivity index (χ4n) is 0.919. The van der Waals surface area contributed by atoms with Crippen molar-refractivity contribution in [1.29, 1.82) is 0 Å². The second-order valence-corrected chi connectivity index (χ2v) is 2.73. The van der Waals surface area contributed by atoms with E-state index < -0.39 is 19.5 Å². The van der Waals surface area contributed by atoms with Crippen LogP contribution in [-0.2, 0) is 11.3 Å². The van der Waals surface area contributed by atoms with Crippen molar-refractivity contribution in [3.05, 3.63) is 35.9 Å². The van der Waals surface area contributed by atoms with Crippen molar-refractivity contribution in [2.24, 2.45) is 0 Å². The fourth-order valence-corrected chi connectivity index (χ4v) is 0.919. The molecule has 0 N–H and O–H groups in total. The molecule has 1 rings (SSSR count). The molecule has 0 unspecified atom stereocenters. The molecule has 0 aliphatic heterocycles. The first-order valence-electron chi connectivity index (χ1n) is 4.14. The summed E-state index contributed by atoms with van der Waals surface area (Å²) in [5.74, 6) is 0. The van der Waals surface area contributed by atoms with Crippen molar-refractivity contribution in [2.45, 2.75) is 12.7 Å². The average molecular weight is 186 g/mol. The Bertz CT molecular complexity index is 222. The third kappa shape index (κ3) is 3.51. The Hall–Kier alpha value is -0.960. The van der Waals surface area contributed by atoms with Crippen LogP contribution in [0, 0.1) is 0 Å². The molecular weight excluding hydrogens is 174 g/mol. The zero-order valence-corrected chi connectivity index (χ0v) is 7.25. The Kier molecular flexibility index (Phi) is 4.40. The first kappa shape index (κ1) is 10.1. The molecular formula is C10H12F2O. The van der Waals surface area contributed by atoms with Crippen LogP contribution < -0.4 is 0 Å². The Morgan fingerprint density at radius 2 is 1.69 bits per heavy atom. The van der Waals surface area contributed by atoms with Gasteiger partial charge in [-0.05, 0) is 5.56 Å². The standard InChI is InChI=1S/C10H12F2O/c11-6-10(7-12)13-8-9-4-2-1-3-5-9/h1-5,10H,6-8H2. The van der Waals surface area contributed by atoms with Gasteiger partial charge in [-0.15, -0.1) is 0 Å². The van der Waals surface area contributed by atoms with E-state index in [4.69, 9.17) is 4.74 Å². The van der Waals surface area contributed by atoms with Gasteiger partial charge < -0.3 is 4.74 Å². The van der Waals surface area contributed by atoms with E-state index in [0.29, 0.717) is 0 Å². The summed E-state index contributed by atoms with van der Waals surface area (Å²) in [6, 6.07) is 9.31. The van der Waals surface area contributed by atoms with Crippen LogP contribution in [0.5, 0.6) is 0 Å². The fraction of sp³-hybridized carbons (Fsp3) is 0.400. The minimum atomic E-state index is -0.916. The lowest BCUT2D eigenvalue weighted by molar-refractivity contribution is 0.00912. The number of ether oxygens (including phenoxy) is 1. The summed E-state index contributed by atoms with van der Waals surface area (Å²) < 4.78 is 29.0. The molecule has 0 radical (unpaired) electrons. The molecule has 1 nitrogen and oxygen atoms in total. The van der Waals surface area contributed by atoms with Gasteiger partial charge in [0.1, 0.15) is 19.5 Å². The van der Waals surface area contributed by atoms with E-state index in [1.165, 1.54) is 0 Å². The number of benzene rings is 1. The van der Waals surface area contributed by atoms with Crippen LogP contribution >= 0.6 is 0 Å². The minimum Gasteiger partial charge on any atom is -0.368 e. The predicted octanol–water partition coefficient (Wildman–Crippen LogP) is 2.51. The largest absolute Gasteiger partial charge is 0.368 e. The van der Waals surface area contributed by atoms with Gasteiger partial charge in [0, 0.05) is 0 Å². The lowest BCUT2D eigenvalue weighted by Gasteiger charge is -2.09. The Labute approximate surface area is 76.3 Å². The number of hydrogen-bond donors (Lipinski definition) is 0. The second kappa shape index (κ2) is 5.65. The lowest BCUT2D eigenvalue weighted by Crippen LogP contribution is -2.17. The van der Waals surface area contributed by atoms with Crippen LogP contribution in [0.3, 0.4) is 0 Å². The van der Waals surface area contributed by atoms with Crippen molar-refractivity contribution in [3.8, 4) is 0 Å². The van der Waals surface area contributed by atoms with Gasteiger partial charge in [0.15, 0.2) is 0 Å². The maximum absolute atomic E-state index is 12.0. The van der Waals surface area contributed by atoms with E-state index in [1.807, 2.05) is 30.3 Å². The highest BCUT2D eigenvalue weighted by atomic mass is 19.1. The number of rotatable bonds is 5. The lowest BCUT2D eigenvalue weighted by atomic mass is 10.2. The molecule has 0 aliphatic rings. The molecule has 0 saturated heterocycles. The van der Waals surface area contributed by atoms with Gasteiger partial charge in [0.2, 0.25) is 0 Å². The van der Waals surface area contributed by atoms with Gasteiger partial charge in [0.05, 0.1) is 6.61 Å². The van der Waals surface area contributed by atoms with E-state index in [-0.39, 0.29) is 6.61 Å². The van der Waals surface area contributed by atoms with Crippen LogP contribution in [0.2, 0.25) is 0 Å². The van der Waals surface area contributed by atoms with Crippen LogP contribution in [0.1, 0.15) is 5.56 Å². The van der Waals surface area contributed by atoms with Crippen molar-refractivity contribution >= 4 is 0 Å². The normalized spacial score (nSPS) is 10.7. The molecule has 0 aromatic heterocycles. The molecule has 0 bridgehead atoms. The quantitative estimate of drug-likeness (QED) is 0.686. The van der Waals surface area contributed by atoms with Gasteiger partial charge in [-0.25, -0.2) is 8.78 Å². The van der Waals surface area contributed by atoms with Crippen LogP contribution in [0.4, 0.5) is 8.78 Å². The van der Waals surface area contributed by atoms with Crippen LogP contribution in [0.15, 0.2) is 30.3 Å². The molecule has 0 spiro atoms. The molecule has 0 fully saturated rings. The summed E-state index contributed by atoms with van der Waals surface area (Å²) in [6.07, 6.45) is -0.916. The molecule has 0 amide bonds. The molecule has 72 valence electrons. The summed E-state index contributed by atoms with van der Waals surface area (Å²) in [7, 11) is 0. The number of halogens is 2. The summed E-state index contributed by atoms with van der Waals surface area (Å²) in [4.78, 5) is 0. The van der Waals surface area contributed by atoms with Gasteiger partial charge in [-0.3, -0.25) is 0 Å². The molecule has 13 heavy (non-hydrogen) atoms. The maximum atomic E-state index is 12.0. The summed E-state index contributed by atoms with van der Waals surface area (Å²) >= 11 is 0. The number of hydrogen-bond acceptors (Lipinski definition) is 1. The van der Waals surface area contributed by atoms with E-state index >= 15 is 0 Å². The van der Waals surface area contributed by atoms with E-state index in [1.54, 1.807) is 0 Å². The molecule has 3 heteroatoms. The third-order valence-corrected chi connectivity index (χ3v) is 1.67. The zero-order valence-electron chi connectivity index (χ0n) is 7.25. The predicted molar refractivity (Wildman–Crippen MR) is 47.0 cm³/mol. The second-order valence-electron chi connectivity index (χ2n) is 2.73. The molecule has 0 atom stereocenters. The Morgan fingerprint density at radius 1 is 1.08 bits per heavy atom. The highest BCUT2D eigenvalue weighted by Gasteiger charge is 2.07. The number of alkyl halides is 2. The summed E-state index contributed by atoms with van der Waals surface area (Å²) in [6.45, 7) is -1.29. The first-order valence-corrected chi connectivity index (χ1v) is 4.14. The van der Waals surface area contributed by atoms with E-state index in [0.717, 1.165) is 5.56 Å². The monoisotopic (exact) mass is 186 g/mol. The zero-order chi connectivity index (χ0) is 9.52. The summed E-state index contributed by atoms with van der Waals surface area (Å²) in [5.41, 5.74) is 0.925. The van der Waals surface area contributed by atoms with Gasteiger partial charge >= 0.3 is 0 Å².